The Morgan fingerprint density at radius 3 is 2.70 bits per heavy atom. The number of hydrogen-bond acceptors (Lipinski definition) is 3. The number of H-pyrrole nitrogens is 1. The Morgan fingerprint density at radius 1 is 1.30 bits per heavy atom. The molecule has 1 aromatic heterocycles. The molecule has 1 aliphatic heterocycles. The monoisotopic (exact) mass is 337 g/mol. The molecule has 0 radical (unpaired) electrons. The van der Waals surface area contributed by atoms with E-state index in [1.165, 1.54) is 0 Å². The SMILES string of the molecule is CN1CCN(C(=O)c2cc3ccc(Br)c(O)c3[nH]2)CC1. The number of aromatic amines is 1. The maximum Gasteiger partial charge on any atom is 0.270 e. The lowest BCUT2D eigenvalue weighted by atomic mass is 10.2. The van der Waals surface area contributed by atoms with Crippen LogP contribution in [0.15, 0.2) is 22.7 Å². The van der Waals surface area contributed by atoms with Crippen LogP contribution in [0.25, 0.3) is 10.9 Å². The van der Waals surface area contributed by atoms with Crippen molar-refractivity contribution in [2.24, 2.45) is 0 Å². The number of carbonyl (C=O) groups is 1. The molecule has 1 saturated heterocycles. The maximum absolute atomic E-state index is 12.5. The number of amides is 1. The topological polar surface area (TPSA) is 59.6 Å². The van der Waals surface area contributed by atoms with Crippen molar-refractivity contribution >= 4 is 32.7 Å². The fourth-order valence-electron chi connectivity index (χ4n) is 2.45. The van der Waals surface area contributed by atoms with E-state index in [9.17, 15) is 9.90 Å². The highest BCUT2D eigenvalue weighted by atomic mass is 79.9. The van der Waals surface area contributed by atoms with Gasteiger partial charge in [0.2, 0.25) is 0 Å². The Labute approximate surface area is 125 Å². The third-order valence-corrected chi connectivity index (χ3v) is 4.38. The molecule has 0 saturated carbocycles. The molecule has 106 valence electrons. The number of carbonyl (C=O) groups excluding carboxylic acids is 1. The first kappa shape index (κ1) is 13.5. The van der Waals surface area contributed by atoms with Gasteiger partial charge >= 0.3 is 0 Å². The zero-order valence-electron chi connectivity index (χ0n) is 11.2. The number of nitrogens with zero attached hydrogens (tertiary/aromatic N) is 2. The van der Waals surface area contributed by atoms with Crippen LogP contribution in [-0.2, 0) is 0 Å². The number of rotatable bonds is 1. The number of likely N-dealkylation sites (N-methyl/N-ethyl adjacent to an activating group) is 1. The summed E-state index contributed by atoms with van der Waals surface area (Å²) in [5.74, 6) is 0.129. The number of nitrogens with one attached hydrogen (secondary N) is 1. The van der Waals surface area contributed by atoms with Crippen LogP contribution < -0.4 is 0 Å². The average Bonchev–Trinajstić information content (AvgIpc) is 2.88. The van der Waals surface area contributed by atoms with Crippen LogP contribution in [-0.4, -0.2) is 59.0 Å². The van der Waals surface area contributed by atoms with Crippen molar-refractivity contribution in [3.63, 3.8) is 0 Å². The average molecular weight is 338 g/mol. The molecule has 0 spiro atoms. The van der Waals surface area contributed by atoms with Gasteiger partial charge in [-0.1, -0.05) is 6.07 Å². The summed E-state index contributed by atoms with van der Waals surface area (Å²) < 4.78 is 0.616. The van der Waals surface area contributed by atoms with E-state index in [0.29, 0.717) is 15.7 Å². The van der Waals surface area contributed by atoms with Gasteiger partial charge in [-0.3, -0.25) is 4.79 Å². The minimum Gasteiger partial charge on any atom is -0.505 e. The van der Waals surface area contributed by atoms with E-state index < -0.39 is 0 Å². The van der Waals surface area contributed by atoms with Gasteiger partial charge in [0.25, 0.3) is 5.91 Å². The Hall–Kier alpha value is -1.53. The zero-order valence-corrected chi connectivity index (χ0v) is 12.8. The smallest absolute Gasteiger partial charge is 0.270 e. The highest BCUT2D eigenvalue weighted by Gasteiger charge is 2.22. The molecule has 3 rings (SSSR count). The first-order chi connectivity index (χ1) is 9.56. The Kier molecular flexibility index (Phi) is 3.43. The number of phenolic OH excluding ortho intramolecular Hbond substituents is 1. The summed E-state index contributed by atoms with van der Waals surface area (Å²) in [4.78, 5) is 19.5. The van der Waals surface area contributed by atoms with Crippen molar-refractivity contribution in [3.05, 3.63) is 28.4 Å². The Morgan fingerprint density at radius 2 is 2.00 bits per heavy atom. The summed E-state index contributed by atoms with van der Waals surface area (Å²) in [5, 5.41) is 10.8. The van der Waals surface area contributed by atoms with E-state index in [1.807, 2.05) is 11.0 Å². The van der Waals surface area contributed by atoms with Gasteiger partial charge in [0.15, 0.2) is 5.75 Å². The molecule has 0 unspecified atom stereocenters. The molecule has 0 atom stereocenters. The van der Waals surface area contributed by atoms with Crippen LogP contribution in [0.2, 0.25) is 0 Å². The summed E-state index contributed by atoms with van der Waals surface area (Å²) in [5.41, 5.74) is 1.12. The van der Waals surface area contributed by atoms with Crippen molar-refractivity contribution in [1.82, 2.24) is 14.8 Å². The van der Waals surface area contributed by atoms with Crippen LogP contribution >= 0.6 is 15.9 Å². The van der Waals surface area contributed by atoms with E-state index in [4.69, 9.17) is 0 Å². The molecule has 2 heterocycles. The second-order valence-corrected chi connectivity index (χ2v) is 5.99. The number of aromatic hydroxyl groups is 1. The predicted molar refractivity (Wildman–Crippen MR) is 81.1 cm³/mol. The van der Waals surface area contributed by atoms with E-state index >= 15 is 0 Å². The maximum atomic E-state index is 12.5. The normalized spacial score (nSPS) is 16.8. The van der Waals surface area contributed by atoms with Crippen molar-refractivity contribution < 1.29 is 9.90 Å². The summed E-state index contributed by atoms with van der Waals surface area (Å²) in [6.07, 6.45) is 0. The fraction of sp³-hybridized carbons (Fsp3) is 0.357. The first-order valence-electron chi connectivity index (χ1n) is 6.54. The quantitative estimate of drug-likeness (QED) is 0.836. The Bertz CT molecular complexity index is 660. The van der Waals surface area contributed by atoms with Gasteiger partial charge in [-0.2, -0.15) is 0 Å². The molecule has 0 bridgehead atoms. The fourth-order valence-corrected chi connectivity index (χ4v) is 2.78. The van der Waals surface area contributed by atoms with E-state index in [0.717, 1.165) is 31.6 Å². The lowest BCUT2D eigenvalue weighted by Gasteiger charge is -2.32. The van der Waals surface area contributed by atoms with Crippen molar-refractivity contribution in [3.8, 4) is 5.75 Å². The second-order valence-electron chi connectivity index (χ2n) is 5.14. The van der Waals surface area contributed by atoms with Crippen LogP contribution in [0, 0.1) is 0 Å². The predicted octanol–water partition coefficient (Wildman–Crippen LogP) is 2.02. The van der Waals surface area contributed by atoms with Crippen LogP contribution in [0.1, 0.15) is 10.5 Å². The third kappa shape index (κ3) is 2.29. The van der Waals surface area contributed by atoms with Crippen LogP contribution in [0.4, 0.5) is 0 Å². The van der Waals surface area contributed by atoms with Crippen LogP contribution in [0.5, 0.6) is 5.75 Å². The number of hydrogen-bond donors (Lipinski definition) is 2. The molecule has 6 heteroatoms. The molecule has 1 aliphatic rings. The second kappa shape index (κ2) is 5.10. The molecule has 0 aliphatic carbocycles. The lowest BCUT2D eigenvalue weighted by Crippen LogP contribution is -2.47. The highest BCUT2D eigenvalue weighted by Crippen LogP contribution is 2.32. The number of aromatic nitrogens is 1. The molecule has 5 nitrogen and oxygen atoms in total. The summed E-state index contributed by atoms with van der Waals surface area (Å²) in [6.45, 7) is 3.26. The van der Waals surface area contributed by atoms with Crippen molar-refractivity contribution in [2.45, 2.75) is 0 Å². The molecule has 2 N–H and O–H groups in total. The van der Waals surface area contributed by atoms with Gasteiger partial charge in [-0.25, -0.2) is 0 Å². The number of benzene rings is 1. The van der Waals surface area contributed by atoms with Gasteiger partial charge in [0, 0.05) is 31.6 Å². The largest absolute Gasteiger partial charge is 0.505 e. The third-order valence-electron chi connectivity index (χ3n) is 3.74. The van der Waals surface area contributed by atoms with Crippen LogP contribution in [0.3, 0.4) is 0 Å². The number of fused-ring (bicyclic) bond motifs is 1. The van der Waals surface area contributed by atoms with Gasteiger partial charge in [-0.15, -0.1) is 0 Å². The van der Waals surface area contributed by atoms with E-state index in [1.54, 1.807) is 12.1 Å². The molecule has 1 aromatic carbocycles. The standard InChI is InChI=1S/C14H16BrN3O2/c1-17-4-6-18(7-5-17)14(20)11-8-9-2-3-10(15)13(19)12(9)16-11/h2-3,8,16,19H,4-7H2,1H3. The highest BCUT2D eigenvalue weighted by molar-refractivity contribution is 9.10. The summed E-state index contributed by atoms with van der Waals surface area (Å²) in [6, 6.07) is 5.44. The van der Waals surface area contributed by atoms with Gasteiger partial charge in [-0.05, 0) is 35.1 Å². The Balaban J connectivity index is 1.90. The minimum atomic E-state index is -0.00942. The lowest BCUT2D eigenvalue weighted by molar-refractivity contribution is 0.0659. The van der Waals surface area contributed by atoms with Crippen molar-refractivity contribution in [2.75, 3.05) is 33.2 Å². The summed E-state index contributed by atoms with van der Waals surface area (Å²) >= 11 is 3.27. The van der Waals surface area contributed by atoms with Gasteiger partial charge in [0.1, 0.15) is 5.69 Å². The number of halogens is 1. The number of piperazine rings is 1. The van der Waals surface area contributed by atoms with Gasteiger partial charge < -0.3 is 19.9 Å². The van der Waals surface area contributed by atoms with E-state index in [2.05, 4.69) is 32.9 Å². The molecule has 1 amide bonds. The molecule has 1 fully saturated rings. The molecular weight excluding hydrogens is 322 g/mol. The van der Waals surface area contributed by atoms with Gasteiger partial charge in [0.05, 0.1) is 9.99 Å². The first-order valence-corrected chi connectivity index (χ1v) is 7.33. The summed E-state index contributed by atoms with van der Waals surface area (Å²) in [7, 11) is 2.06. The molecular formula is C14H16BrN3O2. The minimum absolute atomic E-state index is 0.00942. The zero-order chi connectivity index (χ0) is 14.3. The molecule has 2 aromatic rings. The number of phenols is 1. The molecule has 20 heavy (non-hydrogen) atoms. The van der Waals surface area contributed by atoms with Crippen molar-refractivity contribution in [1.29, 1.82) is 0 Å². The van der Waals surface area contributed by atoms with E-state index in [-0.39, 0.29) is 11.7 Å².